The minimum absolute atomic E-state index is 0.00340. The number of aryl methyl sites for hydroxylation is 1. The summed E-state index contributed by atoms with van der Waals surface area (Å²) in [5, 5.41) is 6.56. The Labute approximate surface area is 251 Å². The van der Waals surface area contributed by atoms with Gasteiger partial charge >= 0.3 is 0 Å². The molecule has 3 aliphatic carbocycles. The number of amides is 4. The van der Waals surface area contributed by atoms with E-state index in [1.165, 1.54) is 12.8 Å². The largest absolute Gasteiger partial charge is 0.352 e. The molecule has 6 atom stereocenters. The fourth-order valence-corrected chi connectivity index (χ4v) is 7.94. The second-order valence-electron chi connectivity index (χ2n) is 13.5. The predicted octanol–water partition coefficient (Wildman–Crippen LogP) is 6.23. The highest BCUT2D eigenvalue weighted by atomic mass is 16.2. The number of benzene rings is 1. The zero-order valence-electron chi connectivity index (χ0n) is 25.6. The molecule has 0 spiro atoms. The number of rotatable bonds is 5. The Morgan fingerprint density at radius 1 is 0.643 bits per heavy atom. The molecule has 230 valence electrons. The summed E-state index contributed by atoms with van der Waals surface area (Å²) in [5.74, 6) is -0.923. The van der Waals surface area contributed by atoms with E-state index in [9.17, 15) is 19.2 Å². The lowest BCUT2D eigenvalue weighted by molar-refractivity contribution is -0.170. The number of fused-ring (bicyclic) bond motifs is 1. The molecule has 2 N–H and O–H groups in total. The number of nitrogens with zero attached hydrogens (tertiary/aromatic N) is 1. The summed E-state index contributed by atoms with van der Waals surface area (Å²) in [4.78, 5) is 56.1. The van der Waals surface area contributed by atoms with Gasteiger partial charge in [-0.25, -0.2) is 0 Å². The minimum Gasteiger partial charge on any atom is -0.352 e. The van der Waals surface area contributed by atoms with Crippen LogP contribution in [0.3, 0.4) is 0 Å². The van der Waals surface area contributed by atoms with Crippen molar-refractivity contribution in [2.75, 3.05) is 0 Å². The molecule has 0 aromatic heterocycles. The van der Waals surface area contributed by atoms with Gasteiger partial charge in [-0.2, -0.15) is 0 Å². The van der Waals surface area contributed by atoms with Gasteiger partial charge in [0.05, 0.1) is 23.8 Å². The van der Waals surface area contributed by atoms with Gasteiger partial charge in [-0.15, -0.1) is 0 Å². The van der Waals surface area contributed by atoms with Crippen LogP contribution in [0.5, 0.6) is 0 Å². The minimum atomic E-state index is -0.362. The summed E-state index contributed by atoms with van der Waals surface area (Å²) in [7, 11) is 0. The molecule has 7 nitrogen and oxygen atoms in total. The first-order valence-electron chi connectivity index (χ1n) is 17.0. The van der Waals surface area contributed by atoms with E-state index in [-0.39, 0.29) is 59.5 Å². The summed E-state index contributed by atoms with van der Waals surface area (Å²) in [6, 6.07) is 7.07. The lowest BCUT2D eigenvalue weighted by atomic mass is 9.76. The highest BCUT2D eigenvalue weighted by Crippen LogP contribution is 2.39. The van der Waals surface area contributed by atoms with Crippen LogP contribution >= 0.6 is 0 Å². The van der Waals surface area contributed by atoms with E-state index in [1.54, 1.807) is 4.90 Å². The number of hydrogen-bond donors (Lipinski definition) is 2. The molecule has 7 heteroatoms. The Morgan fingerprint density at radius 3 is 1.81 bits per heavy atom. The summed E-state index contributed by atoms with van der Waals surface area (Å²) >= 11 is 0. The predicted molar refractivity (Wildman–Crippen MR) is 164 cm³/mol. The van der Waals surface area contributed by atoms with Gasteiger partial charge in [0, 0.05) is 17.6 Å². The van der Waals surface area contributed by atoms with E-state index in [0.29, 0.717) is 12.0 Å². The SMILES string of the molecule is Cc1ccc(C(=O)N[C@H]2CCCCCC[C@H]2C(=O)N[C@H]2CCCCCC[C@H]2C(=O)N2C(=O)[C@@H]3CCCCCC[C@@H]32)cc1. The third-order valence-corrected chi connectivity index (χ3v) is 10.5. The number of imide groups is 1. The number of hydrogen-bond acceptors (Lipinski definition) is 4. The smallest absolute Gasteiger partial charge is 0.251 e. The zero-order valence-corrected chi connectivity index (χ0v) is 25.6. The number of nitrogens with one attached hydrogen (secondary N) is 2. The molecule has 0 radical (unpaired) electrons. The van der Waals surface area contributed by atoms with E-state index >= 15 is 0 Å². The Morgan fingerprint density at radius 2 is 1.17 bits per heavy atom. The van der Waals surface area contributed by atoms with Crippen LogP contribution in [0.1, 0.15) is 131 Å². The molecule has 4 aliphatic rings. The second-order valence-corrected chi connectivity index (χ2v) is 13.5. The topological polar surface area (TPSA) is 95.6 Å². The molecular formula is C35H51N3O4. The Balaban J connectivity index is 1.30. The van der Waals surface area contributed by atoms with E-state index in [1.807, 2.05) is 31.2 Å². The summed E-state index contributed by atoms with van der Waals surface area (Å²) in [5.41, 5.74) is 1.71. The maximum Gasteiger partial charge on any atom is 0.251 e. The van der Waals surface area contributed by atoms with Crippen LogP contribution in [0.2, 0.25) is 0 Å². The summed E-state index contributed by atoms with van der Waals surface area (Å²) in [6.07, 6.45) is 17.5. The molecule has 4 fully saturated rings. The van der Waals surface area contributed by atoms with Gasteiger partial charge in [-0.1, -0.05) is 94.7 Å². The molecule has 1 aromatic carbocycles. The monoisotopic (exact) mass is 577 g/mol. The first kappa shape index (κ1) is 30.7. The van der Waals surface area contributed by atoms with Gasteiger partial charge in [0.2, 0.25) is 17.7 Å². The van der Waals surface area contributed by atoms with Crippen LogP contribution in [0, 0.1) is 24.7 Å². The van der Waals surface area contributed by atoms with Crippen molar-refractivity contribution in [3.8, 4) is 0 Å². The maximum atomic E-state index is 14.1. The van der Waals surface area contributed by atoms with Crippen LogP contribution in [0.25, 0.3) is 0 Å². The lowest BCUT2D eigenvalue weighted by Gasteiger charge is -2.49. The first-order valence-corrected chi connectivity index (χ1v) is 17.0. The average molecular weight is 578 g/mol. The standard InChI is InChI=1S/C35H51N3O4/c1-24-20-22-25(23-21-24)32(39)36-29-17-11-5-2-8-14-26(29)33(40)37-30-18-12-6-3-9-15-27(30)34(41)38-31-19-13-7-4-10-16-28(31)35(38)42/h20-23,26-31H,2-19H2,1H3,(H,36,39)(H,37,40)/t26-,27-,28-,29+,30+,31+/m1/s1. The molecule has 5 rings (SSSR count). The fourth-order valence-electron chi connectivity index (χ4n) is 7.94. The molecular weight excluding hydrogens is 526 g/mol. The second kappa shape index (κ2) is 14.7. The quantitative estimate of drug-likeness (QED) is 0.321. The van der Waals surface area contributed by atoms with E-state index in [2.05, 4.69) is 10.6 Å². The average Bonchev–Trinajstić information content (AvgIpc) is 2.93. The Bertz CT molecular complexity index is 1100. The normalized spacial score (nSPS) is 31.0. The molecule has 1 aliphatic heterocycles. The van der Waals surface area contributed by atoms with Gasteiger partial charge in [0.15, 0.2) is 0 Å². The number of β-lactam (4-membered cyclic amide) rings is 1. The van der Waals surface area contributed by atoms with E-state index in [0.717, 1.165) is 102 Å². The van der Waals surface area contributed by atoms with Gasteiger partial charge < -0.3 is 10.6 Å². The van der Waals surface area contributed by atoms with E-state index in [4.69, 9.17) is 0 Å². The highest BCUT2D eigenvalue weighted by molar-refractivity contribution is 6.03. The Hall–Kier alpha value is -2.70. The maximum absolute atomic E-state index is 14.1. The van der Waals surface area contributed by atoms with Crippen LogP contribution in [0.4, 0.5) is 0 Å². The van der Waals surface area contributed by atoms with Crippen LogP contribution in [-0.4, -0.2) is 46.7 Å². The molecule has 1 heterocycles. The van der Waals surface area contributed by atoms with E-state index < -0.39 is 0 Å². The molecule has 42 heavy (non-hydrogen) atoms. The van der Waals surface area contributed by atoms with Crippen molar-refractivity contribution in [2.24, 2.45) is 17.8 Å². The van der Waals surface area contributed by atoms with Crippen molar-refractivity contribution in [3.05, 3.63) is 35.4 Å². The molecule has 1 saturated heterocycles. The molecule has 3 saturated carbocycles. The zero-order chi connectivity index (χ0) is 29.5. The summed E-state index contributed by atoms with van der Waals surface area (Å²) in [6.45, 7) is 2.00. The van der Waals surface area contributed by atoms with Crippen molar-refractivity contribution in [2.45, 2.75) is 141 Å². The number of likely N-dealkylation sites (tertiary alicyclic amines) is 1. The first-order chi connectivity index (χ1) is 20.4. The fraction of sp³-hybridized carbons (Fsp3) is 0.714. The molecule has 4 amide bonds. The van der Waals surface area contributed by atoms with Crippen LogP contribution in [-0.2, 0) is 14.4 Å². The van der Waals surface area contributed by atoms with Crippen molar-refractivity contribution in [1.82, 2.24) is 15.5 Å². The van der Waals surface area contributed by atoms with Crippen LogP contribution in [0.15, 0.2) is 24.3 Å². The summed E-state index contributed by atoms with van der Waals surface area (Å²) < 4.78 is 0. The number of carbonyl (C=O) groups is 4. The lowest BCUT2D eigenvalue weighted by Crippen LogP contribution is -2.65. The van der Waals surface area contributed by atoms with Gasteiger partial charge in [0.1, 0.15) is 0 Å². The molecule has 0 bridgehead atoms. The van der Waals surface area contributed by atoms with Crippen molar-refractivity contribution in [3.63, 3.8) is 0 Å². The third kappa shape index (κ3) is 7.26. The molecule has 0 unspecified atom stereocenters. The van der Waals surface area contributed by atoms with Crippen molar-refractivity contribution >= 4 is 23.6 Å². The molecule has 1 aromatic rings. The third-order valence-electron chi connectivity index (χ3n) is 10.5. The van der Waals surface area contributed by atoms with Gasteiger partial charge in [-0.05, 0) is 57.6 Å². The highest BCUT2D eigenvalue weighted by Gasteiger charge is 2.52. The van der Waals surface area contributed by atoms with Crippen LogP contribution < -0.4 is 10.6 Å². The number of carbonyl (C=O) groups excluding carboxylic acids is 4. The van der Waals surface area contributed by atoms with Gasteiger partial charge in [-0.3, -0.25) is 24.1 Å². The van der Waals surface area contributed by atoms with Crippen molar-refractivity contribution < 1.29 is 19.2 Å². The Kier molecular flexibility index (Phi) is 10.7. The van der Waals surface area contributed by atoms with Crippen molar-refractivity contribution in [1.29, 1.82) is 0 Å². The van der Waals surface area contributed by atoms with Gasteiger partial charge in [0.25, 0.3) is 5.91 Å².